The molecule has 3 rings (SSSR count). The van der Waals surface area contributed by atoms with Crippen molar-refractivity contribution in [1.29, 1.82) is 0 Å². The molecule has 2 aromatic carbocycles. The van der Waals surface area contributed by atoms with Gasteiger partial charge in [-0.1, -0.05) is 35.9 Å². The minimum atomic E-state index is -0.00906. The minimum Gasteiger partial charge on any atom is -0.326 e. The molecule has 1 amide bonds. The number of hydrogen-bond donors (Lipinski definition) is 1. The predicted molar refractivity (Wildman–Crippen MR) is 82.3 cm³/mol. The minimum absolute atomic E-state index is 0.00906. The van der Waals surface area contributed by atoms with Crippen molar-refractivity contribution in [1.82, 2.24) is 0 Å². The number of rotatable bonds is 3. The Balaban J connectivity index is 1.67. The molecule has 0 saturated carbocycles. The molecule has 1 N–H and O–H groups in total. The summed E-state index contributed by atoms with van der Waals surface area (Å²) in [6, 6.07) is 13.6. The maximum atomic E-state index is 12.0. The van der Waals surface area contributed by atoms with Crippen molar-refractivity contribution in [3.63, 3.8) is 0 Å². The Labute approximate surface area is 123 Å². The van der Waals surface area contributed by atoms with E-state index in [2.05, 4.69) is 23.5 Å². The molecule has 0 heterocycles. The van der Waals surface area contributed by atoms with Gasteiger partial charge in [-0.3, -0.25) is 4.79 Å². The smallest absolute Gasteiger partial charge is 0.228 e. The molecular formula is C17H16ClNO. The van der Waals surface area contributed by atoms with E-state index < -0.39 is 0 Å². The monoisotopic (exact) mass is 285 g/mol. The normalized spacial score (nSPS) is 13.1. The topological polar surface area (TPSA) is 29.1 Å². The summed E-state index contributed by atoms with van der Waals surface area (Å²) in [5.41, 5.74) is 4.65. The number of anilines is 1. The van der Waals surface area contributed by atoms with Crippen molar-refractivity contribution in [3.8, 4) is 0 Å². The summed E-state index contributed by atoms with van der Waals surface area (Å²) in [6.45, 7) is 0. The summed E-state index contributed by atoms with van der Waals surface area (Å²) in [6.07, 6.45) is 3.94. The lowest BCUT2D eigenvalue weighted by Gasteiger charge is -2.07. The molecular weight excluding hydrogens is 270 g/mol. The van der Waals surface area contributed by atoms with Crippen LogP contribution in [0.4, 0.5) is 5.69 Å². The highest BCUT2D eigenvalue weighted by molar-refractivity contribution is 6.30. The average Bonchev–Trinajstić information content (AvgIpc) is 2.86. The molecule has 0 radical (unpaired) electrons. The van der Waals surface area contributed by atoms with Gasteiger partial charge >= 0.3 is 0 Å². The quantitative estimate of drug-likeness (QED) is 0.907. The molecule has 0 unspecified atom stereocenters. The van der Waals surface area contributed by atoms with Gasteiger partial charge in [-0.15, -0.1) is 0 Å². The SMILES string of the molecule is O=C(Cc1ccc2c(c1)CCC2)Nc1cccc(Cl)c1. The molecule has 0 fully saturated rings. The number of carbonyl (C=O) groups excluding carboxylic acids is 1. The van der Waals surface area contributed by atoms with Gasteiger partial charge in [0.25, 0.3) is 0 Å². The van der Waals surface area contributed by atoms with Gasteiger partial charge in [0.15, 0.2) is 0 Å². The largest absolute Gasteiger partial charge is 0.326 e. The lowest BCUT2D eigenvalue weighted by molar-refractivity contribution is -0.115. The first-order valence-electron chi connectivity index (χ1n) is 6.87. The summed E-state index contributed by atoms with van der Waals surface area (Å²) in [7, 11) is 0. The summed E-state index contributed by atoms with van der Waals surface area (Å²) in [4.78, 5) is 12.0. The van der Waals surface area contributed by atoms with Gasteiger partial charge in [0, 0.05) is 10.7 Å². The molecule has 0 aliphatic heterocycles. The van der Waals surface area contributed by atoms with Crippen molar-refractivity contribution in [3.05, 3.63) is 64.2 Å². The number of amides is 1. The van der Waals surface area contributed by atoms with Gasteiger partial charge in [0.1, 0.15) is 0 Å². The highest BCUT2D eigenvalue weighted by atomic mass is 35.5. The van der Waals surface area contributed by atoms with E-state index in [-0.39, 0.29) is 5.91 Å². The number of nitrogens with one attached hydrogen (secondary N) is 1. The van der Waals surface area contributed by atoms with E-state index in [0.29, 0.717) is 11.4 Å². The van der Waals surface area contributed by atoms with Crippen LogP contribution < -0.4 is 5.32 Å². The maximum Gasteiger partial charge on any atom is 0.228 e. The molecule has 0 aromatic heterocycles. The third-order valence-electron chi connectivity index (χ3n) is 3.64. The third kappa shape index (κ3) is 3.02. The zero-order chi connectivity index (χ0) is 13.9. The number of aryl methyl sites for hydroxylation is 2. The molecule has 2 aromatic rings. The van der Waals surface area contributed by atoms with Crippen LogP contribution in [0.25, 0.3) is 0 Å². The molecule has 1 aliphatic rings. The summed E-state index contributed by atoms with van der Waals surface area (Å²) in [5.74, 6) is -0.00906. The van der Waals surface area contributed by atoms with E-state index in [1.807, 2.05) is 12.1 Å². The number of fused-ring (bicyclic) bond motifs is 1. The van der Waals surface area contributed by atoms with E-state index >= 15 is 0 Å². The van der Waals surface area contributed by atoms with Gasteiger partial charge in [-0.05, 0) is 54.2 Å². The van der Waals surface area contributed by atoms with E-state index in [0.717, 1.165) is 17.7 Å². The van der Waals surface area contributed by atoms with Crippen LogP contribution >= 0.6 is 11.6 Å². The fraction of sp³-hybridized carbons (Fsp3) is 0.235. The number of hydrogen-bond acceptors (Lipinski definition) is 1. The second-order valence-corrected chi connectivity index (χ2v) is 5.63. The standard InChI is InChI=1S/C17H16ClNO/c18-15-5-2-6-16(11-15)19-17(20)10-12-7-8-13-3-1-4-14(13)9-12/h2,5-9,11H,1,3-4,10H2,(H,19,20). The first-order chi connectivity index (χ1) is 9.70. The first-order valence-corrected chi connectivity index (χ1v) is 7.24. The average molecular weight is 286 g/mol. The highest BCUT2D eigenvalue weighted by Crippen LogP contribution is 2.23. The summed E-state index contributed by atoms with van der Waals surface area (Å²) in [5, 5.41) is 3.50. The van der Waals surface area contributed by atoms with Gasteiger partial charge in [-0.2, -0.15) is 0 Å². The second kappa shape index (κ2) is 5.68. The molecule has 0 atom stereocenters. The van der Waals surface area contributed by atoms with Crippen molar-refractivity contribution in [2.24, 2.45) is 0 Å². The van der Waals surface area contributed by atoms with Crippen LogP contribution in [0, 0.1) is 0 Å². The van der Waals surface area contributed by atoms with Gasteiger partial charge in [-0.25, -0.2) is 0 Å². The zero-order valence-electron chi connectivity index (χ0n) is 11.2. The molecule has 1 aliphatic carbocycles. The van der Waals surface area contributed by atoms with Crippen LogP contribution in [0.2, 0.25) is 5.02 Å². The lowest BCUT2D eigenvalue weighted by atomic mass is 10.0. The van der Waals surface area contributed by atoms with Crippen molar-refractivity contribution < 1.29 is 4.79 Å². The predicted octanol–water partition coefficient (Wildman–Crippen LogP) is 4.01. The number of benzene rings is 2. The van der Waals surface area contributed by atoms with Crippen LogP contribution in [0.1, 0.15) is 23.1 Å². The van der Waals surface area contributed by atoms with E-state index in [9.17, 15) is 4.79 Å². The zero-order valence-corrected chi connectivity index (χ0v) is 11.9. The van der Waals surface area contributed by atoms with Crippen LogP contribution in [-0.4, -0.2) is 5.91 Å². The number of carbonyl (C=O) groups is 1. The number of halogens is 1. The van der Waals surface area contributed by atoms with E-state index in [1.54, 1.807) is 12.1 Å². The van der Waals surface area contributed by atoms with Crippen LogP contribution in [0.15, 0.2) is 42.5 Å². The third-order valence-corrected chi connectivity index (χ3v) is 3.87. The van der Waals surface area contributed by atoms with Gasteiger partial charge in [0.2, 0.25) is 5.91 Å². The van der Waals surface area contributed by atoms with Crippen molar-refractivity contribution in [2.45, 2.75) is 25.7 Å². The Morgan fingerprint density at radius 2 is 1.95 bits per heavy atom. The van der Waals surface area contributed by atoms with Gasteiger partial charge < -0.3 is 5.32 Å². The Morgan fingerprint density at radius 1 is 1.10 bits per heavy atom. The Hall–Kier alpha value is -1.80. The van der Waals surface area contributed by atoms with E-state index in [1.165, 1.54) is 24.0 Å². The van der Waals surface area contributed by atoms with Gasteiger partial charge in [0.05, 0.1) is 6.42 Å². The van der Waals surface area contributed by atoms with Crippen LogP contribution in [-0.2, 0) is 24.1 Å². The van der Waals surface area contributed by atoms with Crippen LogP contribution in [0.5, 0.6) is 0 Å². The summed E-state index contributed by atoms with van der Waals surface area (Å²) < 4.78 is 0. The molecule has 0 bridgehead atoms. The Bertz CT molecular complexity index is 651. The molecule has 2 nitrogen and oxygen atoms in total. The molecule has 102 valence electrons. The second-order valence-electron chi connectivity index (χ2n) is 5.19. The Morgan fingerprint density at radius 3 is 2.80 bits per heavy atom. The Kier molecular flexibility index (Phi) is 3.75. The molecule has 0 spiro atoms. The maximum absolute atomic E-state index is 12.0. The molecule has 20 heavy (non-hydrogen) atoms. The molecule has 0 saturated heterocycles. The fourth-order valence-electron chi connectivity index (χ4n) is 2.69. The van der Waals surface area contributed by atoms with Crippen molar-refractivity contribution >= 4 is 23.2 Å². The van der Waals surface area contributed by atoms with Crippen LogP contribution in [0.3, 0.4) is 0 Å². The summed E-state index contributed by atoms with van der Waals surface area (Å²) >= 11 is 5.90. The van der Waals surface area contributed by atoms with Crippen molar-refractivity contribution in [2.75, 3.05) is 5.32 Å². The lowest BCUT2D eigenvalue weighted by Crippen LogP contribution is -2.14. The highest BCUT2D eigenvalue weighted by Gasteiger charge is 2.12. The fourth-order valence-corrected chi connectivity index (χ4v) is 2.88. The molecule has 3 heteroatoms. The van der Waals surface area contributed by atoms with E-state index in [4.69, 9.17) is 11.6 Å². The first kappa shape index (κ1) is 13.2.